The Hall–Kier alpha value is -1.38. The van der Waals surface area contributed by atoms with Crippen LogP contribution < -0.4 is 4.74 Å². The molecule has 0 aliphatic rings. The van der Waals surface area contributed by atoms with Crippen LogP contribution in [0.1, 0.15) is 29.6 Å². The van der Waals surface area contributed by atoms with E-state index in [0.717, 1.165) is 5.75 Å². The Kier molecular flexibility index (Phi) is 4.81. The van der Waals surface area contributed by atoms with Crippen molar-refractivity contribution in [3.05, 3.63) is 29.8 Å². The number of halogens is 1. The van der Waals surface area contributed by atoms with Crippen molar-refractivity contribution >= 4 is 5.78 Å². The van der Waals surface area contributed by atoms with Gasteiger partial charge in [-0.3, -0.25) is 9.18 Å². The van der Waals surface area contributed by atoms with Crippen molar-refractivity contribution in [2.75, 3.05) is 13.8 Å². The van der Waals surface area contributed by atoms with Crippen LogP contribution >= 0.6 is 0 Å². The van der Waals surface area contributed by atoms with Gasteiger partial charge >= 0.3 is 0 Å². The molecule has 0 fully saturated rings. The van der Waals surface area contributed by atoms with Crippen molar-refractivity contribution in [1.29, 1.82) is 0 Å². The third-order valence-electron chi connectivity index (χ3n) is 2.20. The standard InChI is InChI=1S/C12H15FO2/c1-15-11-7-5-10(6-8-11)12(14)4-2-3-9-13/h5-8H,2-4,9H2,1H3. The van der Waals surface area contributed by atoms with Gasteiger partial charge in [0.05, 0.1) is 13.8 Å². The molecule has 0 bridgehead atoms. The zero-order valence-electron chi connectivity index (χ0n) is 8.83. The molecule has 1 rings (SSSR count). The Labute approximate surface area is 89.1 Å². The van der Waals surface area contributed by atoms with Gasteiger partial charge in [-0.2, -0.15) is 0 Å². The fraction of sp³-hybridized carbons (Fsp3) is 0.417. The number of hydrogen-bond donors (Lipinski definition) is 0. The van der Waals surface area contributed by atoms with Gasteiger partial charge in [0.1, 0.15) is 5.75 Å². The van der Waals surface area contributed by atoms with Gasteiger partial charge in [0.15, 0.2) is 5.78 Å². The number of rotatable bonds is 6. The molecule has 0 atom stereocenters. The Morgan fingerprint density at radius 1 is 1.27 bits per heavy atom. The molecule has 0 spiro atoms. The number of carbonyl (C=O) groups is 1. The minimum Gasteiger partial charge on any atom is -0.497 e. The van der Waals surface area contributed by atoms with Gasteiger partial charge in [-0.15, -0.1) is 0 Å². The normalized spacial score (nSPS) is 10.0. The molecule has 0 N–H and O–H groups in total. The van der Waals surface area contributed by atoms with Gasteiger partial charge in [-0.1, -0.05) is 0 Å². The fourth-order valence-electron chi connectivity index (χ4n) is 1.30. The first kappa shape index (κ1) is 11.7. The summed E-state index contributed by atoms with van der Waals surface area (Å²) >= 11 is 0. The van der Waals surface area contributed by atoms with Crippen LogP contribution in [0, 0.1) is 0 Å². The van der Waals surface area contributed by atoms with Crippen LogP contribution in [-0.4, -0.2) is 19.6 Å². The zero-order chi connectivity index (χ0) is 11.1. The summed E-state index contributed by atoms with van der Waals surface area (Å²) in [4.78, 5) is 11.6. The van der Waals surface area contributed by atoms with E-state index >= 15 is 0 Å². The number of ketones is 1. The highest BCUT2D eigenvalue weighted by Gasteiger charge is 2.05. The van der Waals surface area contributed by atoms with Crippen molar-refractivity contribution < 1.29 is 13.9 Å². The van der Waals surface area contributed by atoms with Gasteiger partial charge in [0.2, 0.25) is 0 Å². The number of hydrogen-bond acceptors (Lipinski definition) is 2. The van der Waals surface area contributed by atoms with E-state index in [9.17, 15) is 9.18 Å². The summed E-state index contributed by atoms with van der Waals surface area (Å²) in [7, 11) is 1.58. The van der Waals surface area contributed by atoms with Crippen molar-refractivity contribution in [3.63, 3.8) is 0 Å². The van der Waals surface area contributed by atoms with Crippen molar-refractivity contribution in [2.45, 2.75) is 19.3 Å². The Bertz CT molecular complexity index is 306. The van der Waals surface area contributed by atoms with E-state index < -0.39 is 0 Å². The molecule has 1 aromatic rings. The summed E-state index contributed by atoms with van der Waals surface area (Å²) in [6.07, 6.45) is 1.49. The fourth-order valence-corrected chi connectivity index (χ4v) is 1.30. The summed E-state index contributed by atoms with van der Waals surface area (Å²) < 4.78 is 16.8. The molecular weight excluding hydrogens is 195 g/mol. The van der Waals surface area contributed by atoms with E-state index in [0.29, 0.717) is 24.8 Å². The smallest absolute Gasteiger partial charge is 0.162 e. The lowest BCUT2D eigenvalue weighted by Crippen LogP contribution is -1.99. The lowest BCUT2D eigenvalue weighted by molar-refractivity contribution is 0.0979. The van der Waals surface area contributed by atoms with Gasteiger partial charge in [-0.25, -0.2) is 0 Å². The maximum Gasteiger partial charge on any atom is 0.162 e. The second-order valence-electron chi connectivity index (χ2n) is 3.30. The predicted molar refractivity (Wildman–Crippen MR) is 57.2 cm³/mol. The first-order valence-corrected chi connectivity index (χ1v) is 5.01. The molecule has 3 heteroatoms. The second kappa shape index (κ2) is 6.17. The molecule has 0 unspecified atom stereocenters. The largest absolute Gasteiger partial charge is 0.497 e. The van der Waals surface area contributed by atoms with Crippen molar-refractivity contribution in [2.24, 2.45) is 0 Å². The molecule has 82 valence electrons. The number of methoxy groups -OCH3 is 1. The summed E-state index contributed by atoms with van der Waals surface area (Å²) in [5.74, 6) is 0.793. The van der Waals surface area contributed by atoms with Crippen LogP contribution in [0.15, 0.2) is 24.3 Å². The van der Waals surface area contributed by atoms with Gasteiger partial charge < -0.3 is 4.74 Å². The van der Waals surface area contributed by atoms with Crippen LogP contribution in [0.2, 0.25) is 0 Å². The first-order chi connectivity index (χ1) is 7.27. The van der Waals surface area contributed by atoms with E-state index in [1.54, 1.807) is 31.4 Å². The van der Waals surface area contributed by atoms with Crippen molar-refractivity contribution in [3.8, 4) is 5.75 Å². The molecule has 0 saturated carbocycles. The molecule has 0 aromatic heterocycles. The highest BCUT2D eigenvalue weighted by atomic mass is 19.1. The monoisotopic (exact) mass is 210 g/mol. The third-order valence-corrected chi connectivity index (χ3v) is 2.20. The molecule has 0 heterocycles. The summed E-state index contributed by atoms with van der Waals surface area (Å²) in [6, 6.07) is 6.97. The quantitative estimate of drug-likeness (QED) is 0.533. The maximum absolute atomic E-state index is 11.8. The number of alkyl halides is 1. The Balaban J connectivity index is 2.50. The Morgan fingerprint density at radius 2 is 1.93 bits per heavy atom. The zero-order valence-corrected chi connectivity index (χ0v) is 8.83. The van der Waals surface area contributed by atoms with E-state index in [-0.39, 0.29) is 12.5 Å². The molecule has 0 saturated heterocycles. The number of ether oxygens (including phenoxy) is 1. The molecule has 15 heavy (non-hydrogen) atoms. The number of benzene rings is 1. The first-order valence-electron chi connectivity index (χ1n) is 5.01. The molecule has 0 radical (unpaired) electrons. The van der Waals surface area contributed by atoms with Crippen LogP contribution in [0.3, 0.4) is 0 Å². The molecule has 2 nitrogen and oxygen atoms in total. The average molecular weight is 210 g/mol. The highest BCUT2D eigenvalue weighted by Crippen LogP contribution is 2.13. The summed E-state index contributed by atoms with van der Waals surface area (Å²) in [6.45, 7) is -0.351. The predicted octanol–water partition coefficient (Wildman–Crippen LogP) is 3.02. The minimum absolute atomic E-state index is 0.0612. The van der Waals surface area contributed by atoms with Crippen LogP contribution in [-0.2, 0) is 0 Å². The number of carbonyl (C=O) groups excluding carboxylic acids is 1. The molecule has 0 amide bonds. The van der Waals surface area contributed by atoms with E-state index in [1.165, 1.54) is 0 Å². The van der Waals surface area contributed by atoms with Crippen molar-refractivity contribution in [1.82, 2.24) is 0 Å². The molecular formula is C12H15FO2. The van der Waals surface area contributed by atoms with Crippen LogP contribution in [0.4, 0.5) is 4.39 Å². The molecule has 0 aliphatic carbocycles. The lowest BCUT2D eigenvalue weighted by atomic mass is 10.1. The molecule has 1 aromatic carbocycles. The third kappa shape index (κ3) is 3.70. The van der Waals surface area contributed by atoms with Crippen LogP contribution in [0.5, 0.6) is 5.75 Å². The van der Waals surface area contributed by atoms with E-state index in [1.807, 2.05) is 0 Å². The topological polar surface area (TPSA) is 26.3 Å². The SMILES string of the molecule is COc1ccc(C(=O)CCCCF)cc1. The van der Waals surface area contributed by atoms with Crippen LogP contribution in [0.25, 0.3) is 0 Å². The van der Waals surface area contributed by atoms with E-state index in [4.69, 9.17) is 4.74 Å². The Morgan fingerprint density at radius 3 is 2.47 bits per heavy atom. The summed E-state index contributed by atoms with van der Waals surface area (Å²) in [5.41, 5.74) is 0.662. The minimum atomic E-state index is -0.351. The number of Topliss-reactive ketones (excluding diaryl/α,β-unsaturated/α-hetero) is 1. The highest BCUT2D eigenvalue weighted by molar-refractivity contribution is 5.96. The maximum atomic E-state index is 11.8. The van der Waals surface area contributed by atoms with Gasteiger partial charge in [0, 0.05) is 12.0 Å². The molecule has 0 aliphatic heterocycles. The number of unbranched alkanes of at least 4 members (excludes halogenated alkanes) is 1. The lowest BCUT2D eigenvalue weighted by Gasteiger charge is -2.02. The van der Waals surface area contributed by atoms with Gasteiger partial charge in [0.25, 0.3) is 0 Å². The second-order valence-corrected chi connectivity index (χ2v) is 3.30. The summed E-state index contributed by atoms with van der Waals surface area (Å²) in [5, 5.41) is 0. The van der Waals surface area contributed by atoms with Gasteiger partial charge in [-0.05, 0) is 37.1 Å². The van der Waals surface area contributed by atoms with E-state index in [2.05, 4.69) is 0 Å². The average Bonchev–Trinajstić information content (AvgIpc) is 2.29.